The molecule has 6 N–H and O–H groups in total. The van der Waals surface area contributed by atoms with E-state index >= 15 is 0 Å². The third-order valence-corrected chi connectivity index (χ3v) is 9.33. The summed E-state index contributed by atoms with van der Waals surface area (Å²) in [6.45, 7) is 19.2. The highest BCUT2D eigenvalue weighted by molar-refractivity contribution is 5.38. The summed E-state index contributed by atoms with van der Waals surface area (Å²) in [5.74, 6) is 0. The highest BCUT2D eigenvalue weighted by Crippen LogP contribution is 2.41. The van der Waals surface area contributed by atoms with E-state index < -0.39 is 49.0 Å². The Kier molecular flexibility index (Phi) is 19.2. The number of aliphatic hydroxyl groups is 6. The monoisotopic (exact) mass is 746 g/mol. The third-order valence-electron chi connectivity index (χ3n) is 9.33. The predicted molar refractivity (Wildman–Crippen MR) is 220 cm³/mol. The predicted octanol–water partition coefficient (Wildman–Crippen LogP) is 7.51. The number of rotatable bonds is 16. The van der Waals surface area contributed by atoms with Crippen LogP contribution in [0.5, 0.6) is 0 Å². The Morgan fingerprint density at radius 1 is 0.741 bits per heavy atom. The van der Waals surface area contributed by atoms with Gasteiger partial charge in [-0.1, -0.05) is 151 Å². The Labute approximate surface area is 324 Å². The second kappa shape index (κ2) is 22.2. The van der Waals surface area contributed by atoms with Crippen LogP contribution in [0.2, 0.25) is 0 Å². The molecule has 0 aromatic carbocycles. The lowest BCUT2D eigenvalue weighted by molar-refractivity contribution is -0.316. The van der Waals surface area contributed by atoms with Crippen LogP contribution in [0.25, 0.3) is 0 Å². The van der Waals surface area contributed by atoms with Crippen LogP contribution in [0, 0.1) is 5.41 Å². The zero-order chi connectivity index (χ0) is 40.6. The van der Waals surface area contributed by atoms with Crippen LogP contribution in [0.15, 0.2) is 142 Å². The van der Waals surface area contributed by atoms with Crippen molar-refractivity contribution in [2.45, 2.75) is 131 Å². The summed E-state index contributed by atoms with van der Waals surface area (Å²) in [5.41, 5.74) is 6.56. The van der Waals surface area contributed by atoms with Gasteiger partial charge in [0.15, 0.2) is 6.29 Å². The van der Waals surface area contributed by atoms with E-state index in [1.165, 1.54) is 16.7 Å². The standard InChI is InChI=1S/C46H66O8/c1-31(16-11-12-17-32(2)19-14-22-34(4)24-26-38-36(6)28-37(48)29-45(38,7)8)18-13-20-33(3)21-15-23-35(5)25-27-40(46(9,10)52)54-44-43(51)42(50)41(49)39(30-47)53-44/h11-27,37,39-44,47-52H,28-30H2,1-10H3/b12-11+,18-13+,19-14+,21-15+,26-24+,27-25+,31-16+,32-17+,33-20+,34-22+,35-23+/t37-,39-,40?,41-,42+,43-,44+/m1/s1. The number of hydrogen-bond donors (Lipinski definition) is 6. The fourth-order valence-electron chi connectivity index (χ4n) is 6.15. The lowest BCUT2D eigenvalue weighted by atomic mass is 9.71. The molecule has 1 unspecified atom stereocenters. The molecule has 0 aromatic rings. The fourth-order valence-corrected chi connectivity index (χ4v) is 6.15. The van der Waals surface area contributed by atoms with Crippen LogP contribution < -0.4 is 0 Å². The fraction of sp³-hybridized carbons (Fsp3) is 0.478. The normalized spacial score (nSPS) is 28.0. The van der Waals surface area contributed by atoms with Crippen molar-refractivity contribution in [3.8, 4) is 0 Å². The highest BCUT2D eigenvalue weighted by Gasteiger charge is 2.45. The molecule has 0 saturated carbocycles. The third kappa shape index (κ3) is 16.1. The van der Waals surface area contributed by atoms with Crippen molar-refractivity contribution in [1.82, 2.24) is 0 Å². The second-order valence-electron chi connectivity index (χ2n) is 15.8. The van der Waals surface area contributed by atoms with Crippen LogP contribution in [0.3, 0.4) is 0 Å². The van der Waals surface area contributed by atoms with Crippen molar-refractivity contribution in [2.75, 3.05) is 6.61 Å². The molecular formula is C46H66O8. The van der Waals surface area contributed by atoms with Crippen molar-refractivity contribution < 1.29 is 40.1 Å². The zero-order valence-electron chi connectivity index (χ0n) is 34.0. The maximum Gasteiger partial charge on any atom is 0.187 e. The number of hydrogen-bond acceptors (Lipinski definition) is 8. The van der Waals surface area contributed by atoms with E-state index in [-0.39, 0.29) is 11.5 Å². The van der Waals surface area contributed by atoms with E-state index in [2.05, 4.69) is 77.2 Å². The summed E-state index contributed by atoms with van der Waals surface area (Å²) in [6, 6.07) is 0. The van der Waals surface area contributed by atoms with Crippen LogP contribution in [-0.4, -0.2) is 85.8 Å². The first-order valence-corrected chi connectivity index (χ1v) is 18.7. The molecule has 0 amide bonds. The minimum Gasteiger partial charge on any atom is -0.394 e. The number of aliphatic hydroxyl groups excluding tert-OH is 5. The van der Waals surface area contributed by atoms with Crippen molar-refractivity contribution in [1.29, 1.82) is 0 Å². The van der Waals surface area contributed by atoms with Gasteiger partial charge in [0.05, 0.1) is 18.3 Å². The van der Waals surface area contributed by atoms with Gasteiger partial charge in [-0.05, 0) is 79.2 Å². The SMILES string of the molecule is CC1=C(/C=C/C(C)=C/C=C/C(C)=C/C=C/C=C(C)/C=C/C=C(C)/C=C/C=C(C)/C=C/C(O[C@@H]2O[C@H](CO)[C@@H](O)[C@H](O)[C@H]2O)C(C)(C)O)C(C)(C)C[C@H](O)C1. The van der Waals surface area contributed by atoms with Crippen LogP contribution in [0.1, 0.15) is 82.1 Å². The molecular weight excluding hydrogens is 680 g/mol. The summed E-state index contributed by atoms with van der Waals surface area (Å²) in [6.07, 6.45) is 27.4. The van der Waals surface area contributed by atoms with Gasteiger partial charge in [0.2, 0.25) is 0 Å². The van der Waals surface area contributed by atoms with Gasteiger partial charge in [-0.2, -0.15) is 0 Å². The van der Waals surface area contributed by atoms with Gasteiger partial charge >= 0.3 is 0 Å². The van der Waals surface area contributed by atoms with E-state index in [4.69, 9.17) is 9.47 Å². The maximum absolute atomic E-state index is 10.7. The topological polar surface area (TPSA) is 140 Å². The van der Waals surface area contributed by atoms with E-state index in [1.54, 1.807) is 26.0 Å². The Morgan fingerprint density at radius 3 is 1.67 bits per heavy atom. The van der Waals surface area contributed by atoms with E-state index in [0.29, 0.717) is 0 Å². The molecule has 2 rings (SSSR count). The summed E-state index contributed by atoms with van der Waals surface area (Å²) in [4.78, 5) is 0. The average molecular weight is 747 g/mol. The first kappa shape index (κ1) is 46.7. The molecule has 298 valence electrons. The van der Waals surface area contributed by atoms with Crippen LogP contribution in [0.4, 0.5) is 0 Å². The number of ether oxygens (including phenoxy) is 2. The van der Waals surface area contributed by atoms with Gasteiger partial charge in [-0.3, -0.25) is 0 Å². The Morgan fingerprint density at radius 2 is 1.20 bits per heavy atom. The van der Waals surface area contributed by atoms with E-state index in [0.717, 1.165) is 35.1 Å². The Hall–Kier alpha value is -3.44. The summed E-state index contributed by atoms with van der Waals surface area (Å²) >= 11 is 0. The summed E-state index contributed by atoms with van der Waals surface area (Å²) < 4.78 is 11.2. The van der Waals surface area contributed by atoms with Gasteiger partial charge in [0, 0.05) is 0 Å². The molecule has 8 heteroatoms. The van der Waals surface area contributed by atoms with Crippen molar-refractivity contribution in [2.24, 2.45) is 5.41 Å². The highest BCUT2D eigenvalue weighted by atomic mass is 16.7. The molecule has 54 heavy (non-hydrogen) atoms. The Bertz CT molecular complexity index is 1600. The largest absolute Gasteiger partial charge is 0.394 e. The summed E-state index contributed by atoms with van der Waals surface area (Å²) in [7, 11) is 0. The van der Waals surface area contributed by atoms with Gasteiger partial charge in [-0.15, -0.1) is 0 Å². The van der Waals surface area contributed by atoms with Gasteiger partial charge in [-0.25, -0.2) is 0 Å². The molecule has 0 bridgehead atoms. The molecule has 2 aliphatic rings. The smallest absolute Gasteiger partial charge is 0.187 e. The molecule has 0 aromatic heterocycles. The molecule has 1 aliphatic heterocycles. The average Bonchev–Trinajstić information content (AvgIpc) is 3.07. The maximum atomic E-state index is 10.7. The molecule has 1 saturated heterocycles. The lowest BCUT2D eigenvalue weighted by Crippen LogP contribution is -2.60. The summed E-state index contributed by atoms with van der Waals surface area (Å²) in [5, 5.41) is 60.7. The quantitative estimate of drug-likeness (QED) is 0.0893. The number of allylic oxidation sites excluding steroid dienone is 22. The molecule has 1 aliphatic carbocycles. The van der Waals surface area contributed by atoms with Crippen molar-refractivity contribution in [3.63, 3.8) is 0 Å². The van der Waals surface area contributed by atoms with Gasteiger partial charge in [0.25, 0.3) is 0 Å². The lowest BCUT2D eigenvalue weighted by Gasteiger charge is -2.42. The molecule has 1 heterocycles. The minimum absolute atomic E-state index is 0.0230. The Balaban J connectivity index is 1.91. The minimum atomic E-state index is -1.57. The molecule has 8 nitrogen and oxygen atoms in total. The van der Waals surface area contributed by atoms with Gasteiger partial charge < -0.3 is 40.1 Å². The molecule has 7 atom stereocenters. The van der Waals surface area contributed by atoms with Crippen LogP contribution >= 0.6 is 0 Å². The molecule has 0 spiro atoms. The first-order valence-electron chi connectivity index (χ1n) is 18.7. The van der Waals surface area contributed by atoms with Gasteiger partial charge in [0.1, 0.15) is 30.5 Å². The molecule has 0 radical (unpaired) electrons. The zero-order valence-corrected chi connectivity index (χ0v) is 34.0. The second-order valence-corrected chi connectivity index (χ2v) is 15.8. The van der Waals surface area contributed by atoms with E-state index in [9.17, 15) is 30.6 Å². The molecule has 1 fully saturated rings. The van der Waals surface area contributed by atoms with E-state index in [1.807, 2.05) is 69.4 Å². The van der Waals surface area contributed by atoms with Crippen molar-refractivity contribution in [3.05, 3.63) is 142 Å². The van der Waals surface area contributed by atoms with Crippen molar-refractivity contribution >= 4 is 0 Å². The van der Waals surface area contributed by atoms with Crippen LogP contribution in [-0.2, 0) is 9.47 Å². The first-order chi connectivity index (χ1) is 25.2.